The maximum atomic E-state index is 14.3. The predicted molar refractivity (Wildman–Crippen MR) is 133 cm³/mol. The molecule has 34 heavy (non-hydrogen) atoms. The number of aliphatic hydroxyl groups is 1. The van der Waals surface area contributed by atoms with E-state index in [1.54, 1.807) is 21.9 Å². The van der Waals surface area contributed by atoms with E-state index in [0.29, 0.717) is 42.9 Å². The minimum absolute atomic E-state index is 0.0698. The van der Waals surface area contributed by atoms with E-state index in [2.05, 4.69) is 6.58 Å². The third-order valence-corrected chi connectivity index (χ3v) is 9.67. The zero-order valence-electron chi connectivity index (χ0n) is 19.3. The maximum absolute atomic E-state index is 14.3. The van der Waals surface area contributed by atoms with Crippen LogP contribution >= 0.6 is 23.4 Å². The first-order valence-corrected chi connectivity index (χ1v) is 13.0. The quantitative estimate of drug-likeness (QED) is 0.372. The van der Waals surface area contributed by atoms with E-state index in [4.69, 9.17) is 16.7 Å². The van der Waals surface area contributed by atoms with Crippen molar-refractivity contribution in [1.29, 1.82) is 0 Å². The molecule has 0 saturated carbocycles. The van der Waals surface area contributed by atoms with E-state index < -0.39 is 28.6 Å². The number of unbranched alkanes of at least 4 members (excludes halogenated alkanes) is 2. The molecule has 3 fully saturated rings. The minimum Gasteiger partial charge on any atom is -0.481 e. The topological polar surface area (TPSA) is 98.2 Å². The Hall–Kier alpha value is -2.03. The first kappa shape index (κ1) is 25.1. The Morgan fingerprint density at radius 3 is 2.76 bits per heavy atom. The molecule has 0 radical (unpaired) electrons. The van der Waals surface area contributed by atoms with Gasteiger partial charge in [0.1, 0.15) is 6.04 Å². The lowest BCUT2D eigenvalue weighted by atomic mass is 9.71. The van der Waals surface area contributed by atoms with Crippen LogP contribution in [0.5, 0.6) is 0 Å². The molecule has 3 aliphatic rings. The van der Waals surface area contributed by atoms with E-state index in [1.807, 2.05) is 19.1 Å². The number of aliphatic hydroxyl groups excluding tert-OH is 1. The molecule has 3 saturated heterocycles. The summed E-state index contributed by atoms with van der Waals surface area (Å²) in [5, 5.41) is 19.4. The molecule has 3 heterocycles. The van der Waals surface area contributed by atoms with Crippen LogP contribution in [0.4, 0.5) is 5.69 Å². The Labute approximate surface area is 209 Å². The number of nitrogens with zero attached hydrogens (tertiary/aromatic N) is 2. The highest BCUT2D eigenvalue weighted by atomic mass is 35.5. The molecule has 9 heteroatoms. The van der Waals surface area contributed by atoms with Crippen LogP contribution in [0.1, 0.15) is 37.7 Å². The van der Waals surface area contributed by atoms with Crippen molar-refractivity contribution in [1.82, 2.24) is 4.90 Å². The maximum Gasteiger partial charge on any atom is 0.308 e. The smallest absolute Gasteiger partial charge is 0.308 e. The lowest BCUT2D eigenvalue weighted by molar-refractivity contribution is -0.148. The summed E-state index contributed by atoms with van der Waals surface area (Å²) in [6.45, 7) is 6.36. The van der Waals surface area contributed by atoms with Gasteiger partial charge in [-0.25, -0.2) is 0 Å². The average molecular weight is 507 g/mol. The summed E-state index contributed by atoms with van der Waals surface area (Å²) in [5.74, 6) is -2.93. The SMILES string of the molecule is C=CCN(C(=O)C1N(CCCCCO)C(=O)[C@@H]2[C@H](C(=O)O)[C@@H]3CCC12S3)c1c(C)cccc1Cl. The van der Waals surface area contributed by atoms with Gasteiger partial charge < -0.3 is 20.0 Å². The van der Waals surface area contributed by atoms with E-state index in [0.717, 1.165) is 12.0 Å². The van der Waals surface area contributed by atoms with Gasteiger partial charge in [-0.05, 0) is 50.7 Å². The molecule has 3 aliphatic heterocycles. The van der Waals surface area contributed by atoms with E-state index in [-0.39, 0.29) is 30.2 Å². The summed E-state index contributed by atoms with van der Waals surface area (Å²) in [4.78, 5) is 43.4. The summed E-state index contributed by atoms with van der Waals surface area (Å²) in [6.07, 6.45) is 4.92. The van der Waals surface area contributed by atoms with Gasteiger partial charge in [0.2, 0.25) is 5.91 Å². The number of carboxylic acids is 1. The number of benzene rings is 1. The average Bonchev–Trinajstić information content (AvgIpc) is 3.43. The molecule has 2 amide bonds. The molecule has 2 N–H and O–H groups in total. The van der Waals surface area contributed by atoms with Crippen LogP contribution in [0.3, 0.4) is 0 Å². The largest absolute Gasteiger partial charge is 0.481 e. The fraction of sp³-hybridized carbons (Fsp3) is 0.560. The second kappa shape index (κ2) is 9.91. The van der Waals surface area contributed by atoms with Gasteiger partial charge in [0.05, 0.1) is 27.3 Å². The third kappa shape index (κ3) is 3.93. The normalized spacial score (nSPS) is 29.4. The molecule has 5 atom stereocenters. The first-order valence-electron chi connectivity index (χ1n) is 11.8. The van der Waals surface area contributed by atoms with Crippen molar-refractivity contribution < 1.29 is 24.6 Å². The number of halogens is 1. The summed E-state index contributed by atoms with van der Waals surface area (Å²) >= 11 is 8.05. The van der Waals surface area contributed by atoms with E-state index in [9.17, 15) is 19.5 Å². The number of para-hydroxylation sites is 1. The zero-order chi connectivity index (χ0) is 24.6. The van der Waals surface area contributed by atoms with Crippen molar-refractivity contribution >= 4 is 46.8 Å². The number of aliphatic carboxylic acids is 1. The number of hydrogen-bond donors (Lipinski definition) is 2. The highest BCUT2D eigenvalue weighted by molar-refractivity contribution is 8.02. The number of carbonyl (C=O) groups is 3. The molecule has 0 aromatic heterocycles. The minimum atomic E-state index is -0.962. The van der Waals surface area contributed by atoms with Gasteiger partial charge in [-0.2, -0.15) is 0 Å². The number of rotatable bonds is 10. The molecule has 1 aromatic rings. The number of amides is 2. The monoisotopic (exact) mass is 506 g/mol. The Bertz CT molecular complexity index is 983. The third-order valence-electron chi connectivity index (χ3n) is 7.41. The molecule has 2 bridgehead atoms. The van der Waals surface area contributed by atoms with Gasteiger partial charge in [-0.3, -0.25) is 14.4 Å². The molecule has 184 valence electrons. The Kier molecular flexibility index (Phi) is 7.31. The number of likely N-dealkylation sites (tertiary alicyclic amines) is 1. The Morgan fingerprint density at radius 1 is 1.35 bits per heavy atom. The van der Waals surface area contributed by atoms with Crippen LogP contribution < -0.4 is 4.90 Å². The van der Waals surface area contributed by atoms with E-state index in [1.165, 1.54) is 11.8 Å². The van der Waals surface area contributed by atoms with E-state index >= 15 is 0 Å². The number of aryl methyl sites for hydroxylation is 1. The molecule has 4 rings (SSSR count). The molecular weight excluding hydrogens is 476 g/mol. The molecule has 0 aliphatic carbocycles. The predicted octanol–water partition coefficient (Wildman–Crippen LogP) is 3.51. The first-order chi connectivity index (χ1) is 16.3. The van der Waals surface area contributed by atoms with Gasteiger partial charge in [0, 0.05) is 24.9 Å². The summed E-state index contributed by atoms with van der Waals surface area (Å²) in [5.41, 5.74) is 1.43. The van der Waals surface area contributed by atoms with Crippen molar-refractivity contribution in [2.45, 2.75) is 55.1 Å². The van der Waals surface area contributed by atoms with Crippen molar-refractivity contribution in [3.8, 4) is 0 Å². The molecular formula is C25H31ClN2O5S. The van der Waals surface area contributed by atoms with Gasteiger partial charge in [-0.15, -0.1) is 18.3 Å². The number of thioether (sulfide) groups is 1. The standard InChI is InChI=1S/C25H31ClN2O5S/c1-3-12-27(20-15(2)8-7-9-16(20)26)23(31)21-25-11-10-17(34-25)18(24(32)33)19(25)22(30)28(21)13-5-4-6-14-29/h3,7-9,17-19,21,29H,1,4-6,10-14H2,2H3,(H,32,33)/t17-,18+,19-,21?,25?/m0/s1. The second-order valence-electron chi connectivity index (χ2n) is 9.35. The summed E-state index contributed by atoms with van der Waals surface area (Å²) in [7, 11) is 0. The van der Waals surface area contributed by atoms with Crippen LogP contribution in [-0.4, -0.2) is 68.6 Å². The van der Waals surface area contributed by atoms with Crippen LogP contribution in [0.15, 0.2) is 30.9 Å². The number of fused-ring (bicyclic) bond motifs is 1. The van der Waals surface area contributed by atoms with Gasteiger partial charge >= 0.3 is 5.97 Å². The summed E-state index contributed by atoms with van der Waals surface area (Å²) < 4.78 is -0.756. The summed E-state index contributed by atoms with van der Waals surface area (Å²) in [6, 6.07) is 4.67. The van der Waals surface area contributed by atoms with Gasteiger partial charge in [0.15, 0.2) is 0 Å². The number of hydrogen-bond acceptors (Lipinski definition) is 5. The molecule has 1 spiro atoms. The lowest BCUT2D eigenvalue weighted by Crippen LogP contribution is -2.55. The highest BCUT2D eigenvalue weighted by Crippen LogP contribution is 2.66. The molecule has 7 nitrogen and oxygen atoms in total. The van der Waals surface area contributed by atoms with Crippen molar-refractivity contribution in [3.63, 3.8) is 0 Å². The highest BCUT2D eigenvalue weighted by Gasteiger charge is 2.74. The number of anilines is 1. The van der Waals surface area contributed by atoms with Crippen LogP contribution in [0.2, 0.25) is 5.02 Å². The Morgan fingerprint density at radius 2 is 2.12 bits per heavy atom. The Balaban J connectivity index is 1.76. The van der Waals surface area contributed by atoms with Gasteiger partial charge in [-0.1, -0.05) is 29.8 Å². The fourth-order valence-corrected chi connectivity index (χ4v) is 8.59. The van der Waals surface area contributed by atoms with Crippen molar-refractivity contribution in [2.75, 3.05) is 24.6 Å². The number of carboxylic acid groups (broad SMARTS) is 1. The lowest BCUT2D eigenvalue weighted by Gasteiger charge is -2.37. The van der Waals surface area contributed by atoms with Crippen molar-refractivity contribution in [3.05, 3.63) is 41.4 Å². The van der Waals surface area contributed by atoms with Crippen LogP contribution in [0.25, 0.3) is 0 Å². The zero-order valence-corrected chi connectivity index (χ0v) is 20.9. The van der Waals surface area contributed by atoms with Crippen molar-refractivity contribution in [2.24, 2.45) is 11.8 Å². The molecule has 1 aromatic carbocycles. The number of carbonyl (C=O) groups excluding carboxylic acids is 2. The van der Waals surface area contributed by atoms with Crippen LogP contribution in [-0.2, 0) is 14.4 Å². The fourth-order valence-electron chi connectivity index (χ4n) is 6.06. The van der Waals surface area contributed by atoms with Gasteiger partial charge in [0.25, 0.3) is 5.91 Å². The molecule has 2 unspecified atom stereocenters. The van der Waals surface area contributed by atoms with Crippen LogP contribution in [0, 0.1) is 18.8 Å². The second-order valence-corrected chi connectivity index (χ2v) is 11.4.